The summed E-state index contributed by atoms with van der Waals surface area (Å²) in [5, 5.41) is 3.54. The molecule has 2 aromatic carbocycles. The second-order valence-corrected chi connectivity index (χ2v) is 6.79. The van der Waals surface area contributed by atoms with Crippen LogP contribution in [0.4, 0.5) is 5.69 Å². The van der Waals surface area contributed by atoms with Crippen molar-refractivity contribution >= 4 is 40.7 Å². The second-order valence-electron chi connectivity index (χ2n) is 5.94. The summed E-state index contributed by atoms with van der Waals surface area (Å²) < 4.78 is 5.58. The van der Waals surface area contributed by atoms with Crippen molar-refractivity contribution < 1.29 is 14.3 Å². The lowest BCUT2D eigenvalue weighted by Crippen LogP contribution is -2.42. The predicted octanol–water partition coefficient (Wildman–Crippen LogP) is 4.17. The lowest BCUT2D eigenvalue weighted by Gasteiger charge is -2.22. The third-order valence-electron chi connectivity index (χ3n) is 3.64. The van der Waals surface area contributed by atoms with E-state index < -0.39 is 6.10 Å². The van der Waals surface area contributed by atoms with Crippen LogP contribution in [0.3, 0.4) is 0 Å². The van der Waals surface area contributed by atoms with Crippen LogP contribution in [0.1, 0.15) is 12.5 Å². The summed E-state index contributed by atoms with van der Waals surface area (Å²) >= 11 is 11.9. The zero-order chi connectivity index (χ0) is 19.3. The molecule has 0 aliphatic carbocycles. The fraction of sp³-hybridized carbons (Fsp3) is 0.263. The molecule has 0 spiro atoms. The highest BCUT2D eigenvalue weighted by molar-refractivity contribution is 6.35. The highest BCUT2D eigenvalue weighted by atomic mass is 35.5. The molecule has 1 N–H and O–H groups in total. The largest absolute Gasteiger partial charge is 0.479 e. The number of hydrogen-bond acceptors (Lipinski definition) is 3. The van der Waals surface area contributed by atoms with Crippen LogP contribution in [0.25, 0.3) is 0 Å². The molecule has 0 fully saturated rings. The number of benzene rings is 2. The monoisotopic (exact) mass is 394 g/mol. The van der Waals surface area contributed by atoms with Gasteiger partial charge < -0.3 is 15.0 Å². The van der Waals surface area contributed by atoms with Crippen LogP contribution < -0.4 is 10.1 Å². The highest BCUT2D eigenvalue weighted by Crippen LogP contribution is 2.28. The van der Waals surface area contributed by atoms with E-state index in [-0.39, 0.29) is 18.4 Å². The molecule has 2 rings (SSSR count). The number of carbonyl (C=O) groups is 2. The summed E-state index contributed by atoms with van der Waals surface area (Å²) in [6.45, 7) is 3.47. The Hall–Kier alpha value is -2.24. The van der Waals surface area contributed by atoms with Crippen molar-refractivity contribution in [2.24, 2.45) is 0 Å². The number of anilines is 1. The molecule has 0 unspecified atom stereocenters. The molecule has 0 heterocycles. The Kier molecular flexibility index (Phi) is 6.89. The van der Waals surface area contributed by atoms with Crippen LogP contribution in [-0.4, -0.2) is 36.4 Å². The Balaban J connectivity index is 1.91. The fourth-order valence-electron chi connectivity index (χ4n) is 2.25. The number of ether oxygens (including phenoxy) is 1. The van der Waals surface area contributed by atoms with Gasteiger partial charge in [0.05, 0.1) is 11.6 Å². The van der Waals surface area contributed by atoms with E-state index in [0.29, 0.717) is 21.5 Å². The van der Waals surface area contributed by atoms with Gasteiger partial charge in [-0.2, -0.15) is 0 Å². The Morgan fingerprint density at radius 3 is 2.42 bits per heavy atom. The van der Waals surface area contributed by atoms with Gasteiger partial charge in [-0.1, -0.05) is 40.9 Å². The summed E-state index contributed by atoms with van der Waals surface area (Å²) in [6.07, 6.45) is -0.800. The molecule has 0 aliphatic heterocycles. The van der Waals surface area contributed by atoms with E-state index in [4.69, 9.17) is 27.9 Å². The van der Waals surface area contributed by atoms with Crippen LogP contribution in [0, 0.1) is 6.92 Å². The number of hydrogen-bond donors (Lipinski definition) is 1. The molecule has 2 amide bonds. The van der Waals surface area contributed by atoms with E-state index in [0.717, 1.165) is 5.56 Å². The van der Waals surface area contributed by atoms with Crippen LogP contribution in [0.2, 0.25) is 10.0 Å². The van der Waals surface area contributed by atoms with E-state index in [1.54, 1.807) is 26.1 Å². The first-order valence-corrected chi connectivity index (χ1v) is 8.75. The Morgan fingerprint density at radius 1 is 1.15 bits per heavy atom. The quantitative estimate of drug-likeness (QED) is 0.799. The Bertz CT molecular complexity index is 794. The third-order valence-corrected chi connectivity index (χ3v) is 4.17. The van der Waals surface area contributed by atoms with Gasteiger partial charge in [-0.25, -0.2) is 0 Å². The maximum Gasteiger partial charge on any atom is 0.263 e. The number of carbonyl (C=O) groups excluding carboxylic acids is 2. The summed E-state index contributed by atoms with van der Waals surface area (Å²) in [5.74, 6) is -0.272. The summed E-state index contributed by atoms with van der Waals surface area (Å²) in [5.41, 5.74) is 1.78. The number of rotatable bonds is 6. The second kappa shape index (κ2) is 8.92. The van der Waals surface area contributed by atoms with Gasteiger partial charge in [0, 0.05) is 17.8 Å². The molecule has 7 heteroatoms. The van der Waals surface area contributed by atoms with Crippen molar-refractivity contribution in [3.8, 4) is 5.75 Å². The molecule has 0 saturated heterocycles. The number of nitrogens with one attached hydrogen (secondary N) is 1. The van der Waals surface area contributed by atoms with Crippen LogP contribution >= 0.6 is 23.2 Å². The number of likely N-dealkylation sites (N-methyl/N-ethyl adjacent to an activating group) is 1. The molecule has 1 atom stereocenters. The van der Waals surface area contributed by atoms with Crippen molar-refractivity contribution in [1.82, 2.24) is 4.90 Å². The Labute approximate surface area is 162 Å². The molecule has 0 saturated carbocycles. The van der Waals surface area contributed by atoms with Crippen molar-refractivity contribution in [1.29, 1.82) is 0 Å². The zero-order valence-electron chi connectivity index (χ0n) is 14.8. The molecule has 0 aromatic heterocycles. The van der Waals surface area contributed by atoms with Crippen molar-refractivity contribution in [2.75, 3.05) is 18.9 Å². The number of amides is 2. The van der Waals surface area contributed by atoms with E-state index in [1.165, 1.54) is 11.0 Å². The van der Waals surface area contributed by atoms with E-state index in [9.17, 15) is 9.59 Å². The zero-order valence-corrected chi connectivity index (χ0v) is 16.3. The third kappa shape index (κ3) is 5.64. The number of halogens is 2. The van der Waals surface area contributed by atoms with Crippen LogP contribution in [0.5, 0.6) is 5.75 Å². The molecular formula is C19H20Cl2N2O3. The molecule has 26 heavy (non-hydrogen) atoms. The van der Waals surface area contributed by atoms with Gasteiger partial charge in [-0.05, 0) is 44.2 Å². The summed E-state index contributed by atoms with van der Waals surface area (Å²) in [6, 6.07) is 12.2. The topological polar surface area (TPSA) is 58.6 Å². The average Bonchev–Trinajstić information content (AvgIpc) is 2.58. The highest BCUT2D eigenvalue weighted by Gasteiger charge is 2.22. The predicted molar refractivity (Wildman–Crippen MR) is 104 cm³/mol. The Morgan fingerprint density at radius 2 is 1.81 bits per heavy atom. The minimum absolute atomic E-state index is 0.0885. The first-order valence-electron chi connectivity index (χ1n) is 7.99. The van der Waals surface area contributed by atoms with E-state index in [2.05, 4.69) is 5.32 Å². The fourth-order valence-corrected chi connectivity index (χ4v) is 2.71. The van der Waals surface area contributed by atoms with E-state index >= 15 is 0 Å². The maximum absolute atomic E-state index is 12.4. The van der Waals surface area contributed by atoms with Crippen molar-refractivity contribution in [3.05, 3.63) is 58.1 Å². The van der Waals surface area contributed by atoms with E-state index in [1.807, 2.05) is 31.2 Å². The molecular weight excluding hydrogens is 375 g/mol. The first-order chi connectivity index (χ1) is 12.3. The smallest absolute Gasteiger partial charge is 0.263 e. The molecule has 0 radical (unpaired) electrons. The molecule has 2 aromatic rings. The lowest BCUT2D eigenvalue weighted by molar-refractivity contribution is -0.139. The molecule has 5 nitrogen and oxygen atoms in total. The van der Waals surface area contributed by atoms with Gasteiger partial charge in [0.2, 0.25) is 5.91 Å². The van der Waals surface area contributed by atoms with Gasteiger partial charge in [-0.3, -0.25) is 9.59 Å². The standard InChI is InChI=1S/C19H20Cl2N2O3/c1-12-4-7-15(8-5-12)22-18(24)11-23(3)19(25)13(2)26-17-9-6-14(20)10-16(17)21/h4-10,13H,11H2,1-3H3,(H,22,24)/t13-/m0/s1. The number of nitrogens with zero attached hydrogens (tertiary/aromatic N) is 1. The molecule has 0 aliphatic rings. The normalized spacial score (nSPS) is 11.6. The molecule has 138 valence electrons. The van der Waals surface area contributed by atoms with Gasteiger partial charge >= 0.3 is 0 Å². The van der Waals surface area contributed by atoms with Gasteiger partial charge in [0.25, 0.3) is 5.91 Å². The maximum atomic E-state index is 12.4. The average molecular weight is 395 g/mol. The van der Waals surface area contributed by atoms with Gasteiger partial charge in [-0.15, -0.1) is 0 Å². The minimum atomic E-state index is -0.800. The molecule has 0 bridgehead atoms. The SMILES string of the molecule is Cc1ccc(NC(=O)CN(C)C(=O)[C@H](C)Oc2ccc(Cl)cc2Cl)cc1. The summed E-state index contributed by atoms with van der Waals surface area (Å²) in [4.78, 5) is 25.8. The van der Waals surface area contributed by atoms with Crippen LogP contribution in [-0.2, 0) is 9.59 Å². The van der Waals surface area contributed by atoms with Crippen molar-refractivity contribution in [2.45, 2.75) is 20.0 Å². The van der Waals surface area contributed by atoms with Crippen LogP contribution in [0.15, 0.2) is 42.5 Å². The van der Waals surface area contributed by atoms with Gasteiger partial charge in [0.1, 0.15) is 5.75 Å². The minimum Gasteiger partial charge on any atom is -0.479 e. The summed E-state index contributed by atoms with van der Waals surface area (Å²) in [7, 11) is 1.54. The first kappa shape index (κ1) is 20.1. The number of aryl methyl sites for hydroxylation is 1. The lowest BCUT2D eigenvalue weighted by atomic mass is 10.2. The van der Waals surface area contributed by atoms with Crippen molar-refractivity contribution in [3.63, 3.8) is 0 Å². The van der Waals surface area contributed by atoms with Gasteiger partial charge in [0.15, 0.2) is 6.10 Å².